The Morgan fingerprint density at radius 1 is 1.44 bits per heavy atom. The largest absolute Gasteiger partial charge is 0.384 e. The number of nitriles is 1. The van der Waals surface area contributed by atoms with Crippen molar-refractivity contribution in [3.63, 3.8) is 0 Å². The highest BCUT2D eigenvalue weighted by atomic mass is 19.1. The van der Waals surface area contributed by atoms with Gasteiger partial charge in [0.25, 0.3) is 0 Å². The normalized spacial score (nSPS) is 15.3. The lowest BCUT2D eigenvalue weighted by Gasteiger charge is -2.32. The Hall–Kier alpha value is -2.53. The van der Waals surface area contributed by atoms with Crippen LogP contribution in [0.15, 0.2) is 16.8 Å². The molecule has 0 aromatic carbocycles. The van der Waals surface area contributed by atoms with Crippen LogP contribution >= 0.6 is 0 Å². The van der Waals surface area contributed by atoms with Gasteiger partial charge < -0.3 is 14.2 Å². The molecule has 3 rings (SSSR count). The Labute approximate surface area is 145 Å². The van der Waals surface area contributed by atoms with Gasteiger partial charge in [0.15, 0.2) is 17.5 Å². The average Bonchev–Trinajstić information content (AvgIpc) is 3.08. The summed E-state index contributed by atoms with van der Waals surface area (Å²) in [6.07, 6.45) is 4.58. The molecule has 1 aliphatic rings. The second-order valence-electron chi connectivity index (χ2n) is 6.12. The molecule has 1 aliphatic heterocycles. The molecular weight excluding hydrogens is 325 g/mol. The van der Waals surface area contributed by atoms with Crippen molar-refractivity contribution in [3.05, 3.63) is 35.4 Å². The second kappa shape index (κ2) is 8.03. The van der Waals surface area contributed by atoms with Crippen LogP contribution < -0.4 is 4.90 Å². The topological polar surface area (TPSA) is 88.1 Å². The first-order chi connectivity index (χ1) is 12.2. The maximum atomic E-state index is 14.1. The first kappa shape index (κ1) is 17.3. The van der Waals surface area contributed by atoms with Crippen LogP contribution in [0.2, 0.25) is 0 Å². The van der Waals surface area contributed by atoms with E-state index in [0.29, 0.717) is 49.6 Å². The fourth-order valence-electron chi connectivity index (χ4n) is 2.99. The smallest absolute Gasteiger partial charge is 0.226 e. The van der Waals surface area contributed by atoms with Gasteiger partial charge in [0, 0.05) is 39.2 Å². The SMILES string of the molecule is COCCc1noc(CC2CCN(c3ncc(C#N)cc3F)CC2)n1. The Kier molecular flexibility index (Phi) is 5.56. The maximum absolute atomic E-state index is 14.1. The van der Waals surface area contributed by atoms with Crippen LogP contribution in [0.25, 0.3) is 0 Å². The van der Waals surface area contributed by atoms with Gasteiger partial charge in [-0.05, 0) is 24.8 Å². The summed E-state index contributed by atoms with van der Waals surface area (Å²) in [5.41, 5.74) is 0.233. The summed E-state index contributed by atoms with van der Waals surface area (Å²) in [4.78, 5) is 10.4. The zero-order chi connectivity index (χ0) is 17.6. The van der Waals surface area contributed by atoms with Crippen molar-refractivity contribution in [2.24, 2.45) is 5.92 Å². The Bertz CT molecular complexity index is 750. The Balaban J connectivity index is 1.53. The van der Waals surface area contributed by atoms with E-state index in [9.17, 15) is 4.39 Å². The van der Waals surface area contributed by atoms with Crippen molar-refractivity contribution in [1.82, 2.24) is 15.1 Å². The van der Waals surface area contributed by atoms with Gasteiger partial charge in [0.2, 0.25) is 5.89 Å². The molecule has 0 N–H and O–H groups in total. The molecule has 0 unspecified atom stereocenters. The molecule has 7 nitrogen and oxygen atoms in total. The van der Waals surface area contributed by atoms with E-state index in [1.165, 1.54) is 12.3 Å². The monoisotopic (exact) mass is 345 g/mol. The van der Waals surface area contributed by atoms with E-state index < -0.39 is 5.82 Å². The minimum atomic E-state index is -0.447. The van der Waals surface area contributed by atoms with E-state index in [4.69, 9.17) is 14.5 Å². The number of hydrogen-bond acceptors (Lipinski definition) is 7. The van der Waals surface area contributed by atoms with Gasteiger partial charge in [-0.3, -0.25) is 0 Å². The molecule has 2 aromatic rings. The summed E-state index contributed by atoms with van der Waals surface area (Å²) < 4.78 is 24.4. The number of piperidine rings is 1. The predicted octanol–water partition coefficient (Wildman–Crippen LogP) is 2.12. The minimum absolute atomic E-state index is 0.233. The molecule has 25 heavy (non-hydrogen) atoms. The molecule has 132 valence electrons. The molecule has 1 fully saturated rings. The van der Waals surface area contributed by atoms with E-state index in [1.807, 2.05) is 11.0 Å². The van der Waals surface area contributed by atoms with E-state index in [0.717, 1.165) is 19.3 Å². The van der Waals surface area contributed by atoms with Crippen molar-refractivity contribution >= 4 is 5.82 Å². The van der Waals surface area contributed by atoms with Gasteiger partial charge in [0.1, 0.15) is 6.07 Å². The third-order valence-electron chi connectivity index (χ3n) is 4.37. The quantitative estimate of drug-likeness (QED) is 0.792. The lowest BCUT2D eigenvalue weighted by atomic mass is 9.93. The van der Waals surface area contributed by atoms with E-state index in [1.54, 1.807) is 7.11 Å². The predicted molar refractivity (Wildman–Crippen MR) is 87.4 cm³/mol. The first-order valence-corrected chi connectivity index (χ1v) is 8.30. The van der Waals surface area contributed by atoms with Gasteiger partial charge in [-0.1, -0.05) is 5.16 Å². The molecule has 8 heteroatoms. The summed E-state index contributed by atoms with van der Waals surface area (Å²) in [6, 6.07) is 3.13. The molecule has 0 aliphatic carbocycles. The molecular formula is C17H20FN5O2. The summed E-state index contributed by atoms with van der Waals surface area (Å²) in [7, 11) is 1.64. The lowest BCUT2D eigenvalue weighted by molar-refractivity contribution is 0.199. The highest BCUT2D eigenvalue weighted by molar-refractivity contribution is 5.43. The third-order valence-corrected chi connectivity index (χ3v) is 4.37. The molecule has 3 heterocycles. The standard InChI is InChI=1S/C17H20FN5O2/c1-24-7-4-15-21-16(25-22-15)9-12-2-5-23(6-3-12)17-14(18)8-13(10-19)11-20-17/h8,11-12H,2-7,9H2,1H3. The lowest BCUT2D eigenvalue weighted by Crippen LogP contribution is -2.35. The van der Waals surface area contributed by atoms with Crippen LogP contribution in [-0.2, 0) is 17.6 Å². The maximum Gasteiger partial charge on any atom is 0.226 e. The van der Waals surface area contributed by atoms with E-state index >= 15 is 0 Å². The van der Waals surface area contributed by atoms with Gasteiger partial charge >= 0.3 is 0 Å². The molecule has 0 atom stereocenters. The molecule has 2 aromatic heterocycles. The molecule has 0 saturated carbocycles. The van der Waals surface area contributed by atoms with Crippen LogP contribution in [0.5, 0.6) is 0 Å². The summed E-state index contributed by atoms with van der Waals surface area (Å²) in [5, 5.41) is 12.7. The van der Waals surface area contributed by atoms with Gasteiger partial charge in [0.05, 0.1) is 12.2 Å². The number of ether oxygens (including phenoxy) is 1. The van der Waals surface area contributed by atoms with Crippen molar-refractivity contribution in [1.29, 1.82) is 5.26 Å². The van der Waals surface area contributed by atoms with Gasteiger partial charge in [-0.15, -0.1) is 0 Å². The third kappa shape index (κ3) is 4.31. The van der Waals surface area contributed by atoms with Crippen LogP contribution in [-0.4, -0.2) is 41.9 Å². The molecule has 0 amide bonds. The fourth-order valence-corrected chi connectivity index (χ4v) is 2.99. The number of anilines is 1. The summed E-state index contributed by atoms with van der Waals surface area (Å²) in [5.74, 6) is 1.60. The minimum Gasteiger partial charge on any atom is -0.384 e. The second-order valence-corrected chi connectivity index (χ2v) is 6.12. The zero-order valence-electron chi connectivity index (χ0n) is 14.1. The number of methoxy groups -OCH3 is 1. The van der Waals surface area contributed by atoms with Crippen LogP contribution in [0.4, 0.5) is 10.2 Å². The van der Waals surface area contributed by atoms with Crippen LogP contribution in [0.3, 0.4) is 0 Å². The summed E-state index contributed by atoms with van der Waals surface area (Å²) >= 11 is 0. The number of hydrogen-bond donors (Lipinski definition) is 0. The van der Waals surface area contributed by atoms with Crippen molar-refractivity contribution < 1.29 is 13.7 Å². The Morgan fingerprint density at radius 3 is 2.92 bits per heavy atom. The fraction of sp³-hybridized carbons (Fsp3) is 0.529. The number of pyridine rings is 1. The highest BCUT2D eigenvalue weighted by Crippen LogP contribution is 2.26. The van der Waals surface area contributed by atoms with Crippen molar-refractivity contribution in [3.8, 4) is 6.07 Å². The number of nitrogens with zero attached hydrogens (tertiary/aromatic N) is 5. The van der Waals surface area contributed by atoms with Gasteiger partial charge in [-0.2, -0.15) is 10.2 Å². The van der Waals surface area contributed by atoms with Crippen molar-refractivity contribution in [2.45, 2.75) is 25.7 Å². The number of rotatable bonds is 6. The Morgan fingerprint density at radius 2 is 2.24 bits per heavy atom. The highest BCUT2D eigenvalue weighted by Gasteiger charge is 2.24. The first-order valence-electron chi connectivity index (χ1n) is 8.30. The van der Waals surface area contributed by atoms with Crippen LogP contribution in [0, 0.1) is 23.1 Å². The zero-order valence-corrected chi connectivity index (χ0v) is 14.1. The van der Waals surface area contributed by atoms with E-state index in [2.05, 4.69) is 15.1 Å². The molecule has 0 bridgehead atoms. The van der Waals surface area contributed by atoms with Crippen LogP contribution in [0.1, 0.15) is 30.1 Å². The molecule has 1 saturated heterocycles. The average molecular weight is 345 g/mol. The molecule has 0 spiro atoms. The summed E-state index contributed by atoms with van der Waals surface area (Å²) in [6.45, 7) is 2.00. The number of halogens is 1. The number of aromatic nitrogens is 3. The van der Waals surface area contributed by atoms with Crippen molar-refractivity contribution in [2.75, 3.05) is 31.7 Å². The van der Waals surface area contributed by atoms with E-state index in [-0.39, 0.29) is 5.56 Å². The molecule has 0 radical (unpaired) electrons. The van der Waals surface area contributed by atoms with Gasteiger partial charge in [-0.25, -0.2) is 9.37 Å².